The van der Waals surface area contributed by atoms with Crippen molar-refractivity contribution in [3.05, 3.63) is 76.9 Å². The van der Waals surface area contributed by atoms with E-state index >= 15 is 0 Å². The highest BCUT2D eigenvalue weighted by atomic mass is 79.9. The lowest BCUT2D eigenvalue weighted by molar-refractivity contribution is -0.111. The van der Waals surface area contributed by atoms with Crippen LogP contribution < -0.4 is 16.4 Å². The van der Waals surface area contributed by atoms with Crippen molar-refractivity contribution in [3.8, 4) is 11.1 Å². The molecular formula is C23H18BrN5O3. The molecule has 0 aliphatic heterocycles. The molecule has 0 saturated heterocycles. The van der Waals surface area contributed by atoms with Gasteiger partial charge in [-0.25, -0.2) is 4.98 Å². The molecule has 0 spiro atoms. The molecule has 0 aliphatic rings. The molecule has 0 fully saturated rings. The topological polar surface area (TPSA) is 123 Å². The standard InChI is InChI=1S/C23H18BrN5O3/c1-3-19(30)28-18-9-6-14(11-17(18)24)23(31)27-15-7-4-13(5-8-15)16-10-12(2)26-22-20(16)21(25)32-29-22/h3-11H,1,25H2,2H3,(H,27,31)(H,28,30). The second-order valence-corrected chi connectivity index (χ2v) is 7.83. The van der Waals surface area contributed by atoms with E-state index in [0.29, 0.717) is 32.4 Å². The number of hydrogen-bond donors (Lipinski definition) is 3. The van der Waals surface area contributed by atoms with Gasteiger partial charge in [0.1, 0.15) is 0 Å². The minimum absolute atomic E-state index is 0.207. The van der Waals surface area contributed by atoms with Crippen molar-refractivity contribution in [3.63, 3.8) is 0 Å². The maximum atomic E-state index is 12.7. The third kappa shape index (κ3) is 4.23. The number of fused-ring (bicyclic) bond motifs is 1. The second-order valence-electron chi connectivity index (χ2n) is 6.98. The zero-order valence-electron chi connectivity index (χ0n) is 17.0. The summed E-state index contributed by atoms with van der Waals surface area (Å²) in [4.78, 5) is 28.5. The van der Waals surface area contributed by atoms with Gasteiger partial charge in [-0.2, -0.15) is 0 Å². The monoisotopic (exact) mass is 491 g/mol. The van der Waals surface area contributed by atoms with Crippen LogP contribution in [0, 0.1) is 6.92 Å². The van der Waals surface area contributed by atoms with Crippen LogP contribution in [0.1, 0.15) is 16.1 Å². The van der Waals surface area contributed by atoms with Gasteiger partial charge in [-0.3, -0.25) is 9.59 Å². The first-order chi connectivity index (χ1) is 15.4. The van der Waals surface area contributed by atoms with Crippen LogP contribution in [0.2, 0.25) is 0 Å². The molecule has 8 nitrogen and oxygen atoms in total. The summed E-state index contributed by atoms with van der Waals surface area (Å²) >= 11 is 3.36. The first-order valence-electron chi connectivity index (χ1n) is 9.53. The molecule has 0 unspecified atom stereocenters. The summed E-state index contributed by atoms with van der Waals surface area (Å²) in [6, 6.07) is 14.2. The summed E-state index contributed by atoms with van der Waals surface area (Å²) in [5, 5.41) is 10.1. The fraction of sp³-hybridized carbons (Fsp3) is 0.0435. The zero-order valence-corrected chi connectivity index (χ0v) is 18.6. The second kappa shape index (κ2) is 8.64. The first kappa shape index (κ1) is 21.3. The van der Waals surface area contributed by atoms with E-state index in [1.54, 1.807) is 30.3 Å². The van der Waals surface area contributed by atoms with Crippen LogP contribution in [0.5, 0.6) is 0 Å². The van der Waals surface area contributed by atoms with E-state index in [1.165, 1.54) is 6.08 Å². The van der Waals surface area contributed by atoms with E-state index in [0.717, 1.165) is 16.8 Å². The Morgan fingerprint density at radius 2 is 1.88 bits per heavy atom. The van der Waals surface area contributed by atoms with Gasteiger partial charge in [0.25, 0.3) is 5.91 Å². The van der Waals surface area contributed by atoms with Crippen LogP contribution in [-0.4, -0.2) is 22.0 Å². The number of pyridine rings is 1. The Labute approximate surface area is 191 Å². The molecular weight excluding hydrogens is 474 g/mol. The molecule has 0 aliphatic carbocycles. The first-order valence-corrected chi connectivity index (χ1v) is 10.3. The molecule has 2 heterocycles. The number of anilines is 3. The van der Waals surface area contributed by atoms with Gasteiger partial charge >= 0.3 is 0 Å². The molecule has 0 bridgehead atoms. The van der Waals surface area contributed by atoms with Crippen molar-refractivity contribution in [1.82, 2.24) is 10.1 Å². The molecule has 32 heavy (non-hydrogen) atoms. The average molecular weight is 492 g/mol. The van der Waals surface area contributed by atoms with Crippen LogP contribution in [-0.2, 0) is 4.79 Å². The molecule has 9 heteroatoms. The number of nitrogen functional groups attached to an aromatic ring is 1. The van der Waals surface area contributed by atoms with Crippen LogP contribution in [0.25, 0.3) is 22.2 Å². The lowest BCUT2D eigenvalue weighted by Crippen LogP contribution is -2.13. The van der Waals surface area contributed by atoms with Crippen LogP contribution in [0.4, 0.5) is 17.3 Å². The number of rotatable bonds is 5. The van der Waals surface area contributed by atoms with Gasteiger partial charge in [-0.15, -0.1) is 0 Å². The lowest BCUT2D eigenvalue weighted by atomic mass is 10.0. The van der Waals surface area contributed by atoms with E-state index in [1.807, 2.05) is 25.1 Å². The Morgan fingerprint density at radius 1 is 1.12 bits per heavy atom. The normalized spacial score (nSPS) is 10.7. The molecule has 160 valence electrons. The van der Waals surface area contributed by atoms with Gasteiger partial charge in [0.05, 0.1) is 11.1 Å². The zero-order chi connectivity index (χ0) is 22.8. The lowest BCUT2D eigenvalue weighted by Gasteiger charge is -2.10. The predicted octanol–water partition coefficient (Wildman–Crippen LogP) is 4.92. The van der Waals surface area contributed by atoms with Crippen LogP contribution in [0.3, 0.4) is 0 Å². The number of nitrogens with two attached hydrogens (primary N) is 1. The largest absolute Gasteiger partial charge is 0.367 e. The highest BCUT2D eigenvalue weighted by Gasteiger charge is 2.15. The SMILES string of the molecule is C=CC(=O)Nc1ccc(C(=O)Nc2ccc(-c3cc(C)nc4noc(N)c34)cc2)cc1Br. The average Bonchev–Trinajstić information content (AvgIpc) is 3.15. The minimum atomic E-state index is -0.336. The van der Waals surface area contributed by atoms with E-state index in [9.17, 15) is 9.59 Å². The third-order valence-electron chi connectivity index (χ3n) is 4.73. The molecule has 0 saturated carbocycles. The van der Waals surface area contributed by atoms with Crippen molar-refractivity contribution in [2.45, 2.75) is 6.92 Å². The van der Waals surface area contributed by atoms with Crippen LogP contribution >= 0.6 is 15.9 Å². The number of halogens is 1. The van der Waals surface area contributed by atoms with Crippen molar-refractivity contribution in [1.29, 1.82) is 0 Å². The van der Waals surface area contributed by atoms with Gasteiger partial charge in [0.15, 0.2) is 0 Å². The number of amides is 2. The molecule has 4 aromatic rings. The minimum Gasteiger partial charge on any atom is -0.367 e. The summed E-state index contributed by atoms with van der Waals surface area (Å²) in [7, 11) is 0. The van der Waals surface area contributed by atoms with Gasteiger partial charge in [0.2, 0.25) is 17.4 Å². The third-order valence-corrected chi connectivity index (χ3v) is 5.39. The van der Waals surface area contributed by atoms with E-state index in [2.05, 4.69) is 43.3 Å². The number of carbonyl (C=O) groups is 2. The fourth-order valence-electron chi connectivity index (χ4n) is 3.21. The molecule has 2 amide bonds. The number of benzene rings is 2. The van der Waals surface area contributed by atoms with Gasteiger partial charge in [-0.1, -0.05) is 23.9 Å². The van der Waals surface area contributed by atoms with E-state index in [4.69, 9.17) is 10.3 Å². The number of aryl methyl sites for hydroxylation is 1. The van der Waals surface area contributed by atoms with Crippen molar-refractivity contribution in [2.24, 2.45) is 0 Å². The van der Waals surface area contributed by atoms with Gasteiger partial charge < -0.3 is 20.9 Å². The Bertz CT molecular complexity index is 1360. The number of carbonyl (C=O) groups excluding carboxylic acids is 2. The van der Waals surface area contributed by atoms with Crippen LogP contribution in [0.15, 0.2) is 70.2 Å². The smallest absolute Gasteiger partial charge is 0.255 e. The van der Waals surface area contributed by atoms with Gasteiger partial charge in [-0.05, 0) is 70.9 Å². The molecule has 2 aromatic carbocycles. The highest BCUT2D eigenvalue weighted by molar-refractivity contribution is 9.10. The number of nitrogens with zero attached hydrogens (tertiary/aromatic N) is 2. The number of hydrogen-bond acceptors (Lipinski definition) is 6. The molecule has 4 N–H and O–H groups in total. The molecule has 0 radical (unpaired) electrons. The van der Waals surface area contributed by atoms with Gasteiger partial charge in [0, 0.05) is 27.0 Å². The van der Waals surface area contributed by atoms with E-state index < -0.39 is 0 Å². The maximum absolute atomic E-state index is 12.7. The quantitative estimate of drug-likeness (QED) is 0.340. The highest BCUT2D eigenvalue weighted by Crippen LogP contribution is 2.33. The number of aromatic nitrogens is 2. The number of nitrogens with one attached hydrogen (secondary N) is 2. The maximum Gasteiger partial charge on any atom is 0.255 e. The Kier molecular flexibility index (Phi) is 5.74. The summed E-state index contributed by atoms with van der Waals surface area (Å²) in [6.07, 6.45) is 1.17. The fourth-order valence-corrected chi connectivity index (χ4v) is 3.69. The molecule has 0 atom stereocenters. The Balaban J connectivity index is 1.54. The molecule has 2 aromatic heterocycles. The Morgan fingerprint density at radius 3 is 2.56 bits per heavy atom. The summed E-state index contributed by atoms with van der Waals surface area (Å²) in [5.74, 6) is -0.415. The van der Waals surface area contributed by atoms with E-state index in [-0.39, 0.29) is 17.7 Å². The molecule has 4 rings (SSSR count). The summed E-state index contributed by atoms with van der Waals surface area (Å²) < 4.78 is 5.66. The van der Waals surface area contributed by atoms with Crippen molar-refractivity contribution in [2.75, 3.05) is 16.4 Å². The summed E-state index contributed by atoms with van der Waals surface area (Å²) in [6.45, 7) is 5.29. The Hall–Kier alpha value is -3.98. The summed E-state index contributed by atoms with van der Waals surface area (Å²) in [5.41, 5.74) is 10.5. The van der Waals surface area contributed by atoms with Crippen molar-refractivity contribution < 1.29 is 14.1 Å². The van der Waals surface area contributed by atoms with Crippen molar-refractivity contribution >= 4 is 56.0 Å². The predicted molar refractivity (Wildman–Crippen MR) is 127 cm³/mol.